The zero-order chi connectivity index (χ0) is 14.4. The van der Waals surface area contributed by atoms with Crippen molar-refractivity contribution in [1.29, 1.82) is 0 Å². The van der Waals surface area contributed by atoms with Gasteiger partial charge in [-0.05, 0) is 37.3 Å². The van der Waals surface area contributed by atoms with Gasteiger partial charge in [-0.25, -0.2) is 0 Å². The minimum Gasteiger partial charge on any atom is -0.496 e. The van der Waals surface area contributed by atoms with E-state index in [9.17, 15) is 0 Å². The maximum Gasteiger partial charge on any atom is 0.125 e. The van der Waals surface area contributed by atoms with Crippen LogP contribution < -0.4 is 14.2 Å². The first-order valence-corrected chi connectivity index (χ1v) is 7.20. The summed E-state index contributed by atoms with van der Waals surface area (Å²) < 4.78 is 17.6. The van der Waals surface area contributed by atoms with E-state index in [1.807, 2.05) is 49.4 Å². The Morgan fingerprint density at radius 2 is 1.75 bits per heavy atom. The normalized spacial score (nSPS) is 10.2. The number of methoxy groups -OCH3 is 1. The molecule has 0 aliphatic rings. The zero-order valence-corrected chi connectivity index (χ0v) is 13.1. The molecule has 0 saturated carbocycles. The van der Waals surface area contributed by atoms with Gasteiger partial charge in [0.05, 0.1) is 13.7 Å². The molecular weight excluding hydrogens is 320 g/mol. The lowest BCUT2D eigenvalue weighted by atomic mass is 10.2. The molecule has 2 rings (SSSR count). The summed E-state index contributed by atoms with van der Waals surface area (Å²) in [6.07, 6.45) is 0. The SMILES string of the molecule is CCOc1cccc(OCc2cc(Br)ccc2OC)c1. The van der Waals surface area contributed by atoms with E-state index in [2.05, 4.69) is 15.9 Å². The number of ether oxygens (including phenoxy) is 3. The lowest BCUT2D eigenvalue weighted by Crippen LogP contribution is -1.99. The predicted octanol–water partition coefficient (Wildman–Crippen LogP) is 4.44. The molecule has 0 bridgehead atoms. The molecule has 0 saturated heterocycles. The minimum absolute atomic E-state index is 0.443. The first-order valence-electron chi connectivity index (χ1n) is 6.41. The lowest BCUT2D eigenvalue weighted by molar-refractivity contribution is 0.291. The van der Waals surface area contributed by atoms with Gasteiger partial charge in [0, 0.05) is 16.1 Å². The average molecular weight is 337 g/mol. The lowest BCUT2D eigenvalue weighted by Gasteiger charge is -2.11. The number of halogens is 1. The van der Waals surface area contributed by atoms with Gasteiger partial charge < -0.3 is 14.2 Å². The summed E-state index contributed by atoms with van der Waals surface area (Å²) in [6.45, 7) is 3.04. The van der Waals surface area contributed by atoms with Gasteiger partial charge in [0.15, 0.2) is 0 Å². The third kappa shape index (κ3) is 3.90. The molecule has 0 aliphatic carbocycles. The summed E-state index contributed by atoms with van der Waals surface area (Å²) in [5, 5.41) is 0. The molecule has 20 heavy (non-hydrogen) atoms. The van der Waals surface area contributed by atoms with Crippen LogP contribution in [0.5, 0.6) is 17.2 Å². The summed E-state index contributed by atoms with van der Waals surface area (Å²) in [5.74, 6) is 2.40. The molecule has 0 fully saturated rings. The monoisotopic (exact) mass is 336 g/mol. The van der Waals surface area contributed by atoms with E-state index in [0.29, 0.717) is 13.2 Å². The zero-order valence-electron chi connectivity index (χ0n) is 11.6. The molecule has 0 aliphatic heterocycles. The fourth-order valence-corrected chi connectivity index (χ4v) is 2.25. The largest absolute Gasteiger partial charge is 0.496 e. The molecule has 0 N–H and O–H groups in total. The van der Waals surface area contributed by atoms with Gasteiger partial charge in [-0.2, -0.15) is 0 Å². The van der Waals surface area contributed by atoms with Crippen molar-refractivity contribution in [3.63, 3.8) is 0 Å². The summed E-state index contributed by atoms with van der Waals surface area (Å²) >= 11 is 3.45. The molecule has 4 heteroatoms. The Kier molecular flexibility index (Phi) is 5.30. The first kappa shape index (κ1) is 14.7. The van der Waals surface area contributed by atoms with Crippen LogP contribution in [0.2, 0.25) is 0 Å². The highest BCUT2D eigenvalue weighted by Gasteiger charge is 2.05. The van der Waals surface area contributed by atoms with E-state index < -0.39 is 0 Å². The Morgan fingerprint density at radius 1 is 1.00 bits per heavy atom. The van der Waals surface area contributed by atoms with Gasteiger partial charge in [0.1, 0.15) is 23.9 Å². The van der Waals surface area contributed by atoms with Crippen molar-refractivity contribution in [2.75, 3.05) is 13.7 Å². The first-order chi connectivity index (χ1) is 9.72. The van der Waals surface area contributed by atoms with Crippen LogP contribution in [0, 0.1) is 0 Å². The minimum atomic E-state index is 0.443. The molecule has 2 aromatic carbocycles. The van der Waals surface area contributed by atoms with E-state index in [-0.39, 0.29) is 0 Å². The highest BCUT2D eigenvalue weighted by Crippen LogP contribution is 2.25. The predicted molar refractivity (Wildman–Crippen MR) is 82.6 cm³/mol. The van der Waals surface area contributed by atoms with E-state index in [1.54, 1.807) is 7.11 Å². The molecule has 0 amide bonds. The van der Waals surface area contributed by atoms with Crippen LogP contribution in [0.1, 0.15) is 12.5 Å². The van der Waals surface area contributed by atoms with E-state index in [1.165, 1.54) is 0 Å². The summed E-state index contributed by atoms with van der Waals surface area (Å²) in [4.78, 5) is 0. The number of rotatable bonds is 6. The molecule has 3 nitrogen and oxygen atoms in total. The van der Waals surface area contributed by atoms with Crippen molar-refractivity contribution in [2.24, 2.45) is 0 Å². The summed E-state index contributed by atoms with van der Waals surface area (Å²) in [6, 6.07) is 13.5. The Hall–Kier alpha value is -1.68. The molecule has 0 heterocycles. The van der Waals surface area contributed by atoms with E-state index in [0.717, 1.165) is 27.3 Å². The van der Waals surface area contributed by atoms with Crippen LogP contribution in [0.4, 0.5) is 0 Å². The number of hydrogen-bond donors (Lipinski definition) is 0. The molecule has 0 spiro atoms. The second-order valence-electron chi connectivity index (χ2n) is 4.15. The van der Waals surface area contributed by atoms with Gasteiger partial charge in [0.2, 0.25) is 0 Å². The van der Waals surface area contributed by atoms with Crippen molar-refractivity contribution < 1.29 is 14.2 Å². The van der Waals surface area contributed by atoms with Gasteiger partial charge in [-0.3, -0.25) is 0 Å². The van der Waals surface area contributed by atoms with Gasteiger partial charge in [-0.15, -0.1) is 0 Å². The van der Waals surface area contributed by atoms with Gasteiger partial charge in [0.25, 0.3) is 0 Å². The summed E-state index contributed by atoms with van der Waals surface area (Å²) in [5.41, 5.74) is 0.990. The molecule has 0 aromatic heterocycles. The quantitative estimate of drug-likeness (QED) is 0.780. The van der Waals surface area contributed by atoms with Crippen LogP contribution in [-0.2, 0) is 6.61 Å². The fraction of sp³-hybridized carbons (Fsp3) is 0.250. The van der Waals surface area contributed by atoms with Crippen LogP contribution in [0.3, 0.4) is 0 Å². The average Bonchev–Trinajstić information content (AvgIpc) is 2.46. The van der Waals surface area contributed by atoms with Crippen LogP contribution in [-0.4, -0.2) is 13.7 Å². The van der Waals surface area contributed by atoms with Crippen molar-refractivity contribution >= 4 is 15.9 Å². The smallest absolute Gasteiger partial charge is 0.125 e. The van der Waals surface area contributed by atoms with Crippen LogP contribution in [0.15, 0.2) is 46.9 Å². The van der Waals surface area contributed by atoms with E-state index >= 15 is 0 Å². The summed E-state index contributed by atoms with van der Waals surface area (Å²) in [7, 11) is 1.66. The van der Waals surface area contributed by atoms with Crippen LogP contribution in [0.25, 0.3) is 0 Å². The Morgan fingerprint density at radius 3 is 2.45 bits per heavy atom. The highest BCUT2D eigenvalue weighted by atomic mass is 79.9. The molecular formula is C16H17BrO3. The molecule has 0 radical (unpaired) electrons. The van der Waals surface area contributed by atoms with Gasteiger partial charge in [-0.1, -0.05) is 22.0 Å². The van der Waals surface area contributed by atoms with Crippen molar-refractivity contribution in [1.82, 2.24) is 0 Å². The molecule has 0 unspecified atom stereocenters. The maximum absolute atomic E-state index is 5.80. The second kappa shape index (κ2) is 7.20. The topological polar surface area (TPSA) is 27.7 Å². The standard InChI is InChI=1S/C16H17BrO3/c1-3-19-14-5-4-6-15(10-14)20-11-12-9-13(17)7-8-16(12)18-2/h4-10H,3,11H2,1-2H3. The Balaban J connectivity index is 2.08. The number of hydrogen-bond acceptors (Lipinski definition) is 3. The molecule has 0 atom stereocenters. The maximum atomic E-state index is 5.80. The Bertz CT molecular complexity index is 569. The van der Waals surface area contributed by atoms with Crippen molar-refractivity contribution in [3.05, 3.63) is 52.5 Å². The fourth-order valence-electron chi connectivity index (χ4n) is 1.84. The second-order valence-corrected chi connectivity index (χ2v) is 5.07. The third-order valence-corrected chi connectivity index (χ3v) is 3.25. The molecule has 106 valence electrons. The van der Waals surface area contributed by atoms with Gasteiger partial charge >= 0.3 is 0 Å². The third-order valence-electron chi connectivity index (χ3n) is 2.75. The Labute approximate surface area is 127 Å². The highest BCUT2D eigenvalue weighted by molar-refractivity contribution is 9.10. The van der Waals surface area contributed by atoms with Crippen molar-refractivity contribution in [2.45, 2.75) is 13.5 Å². The van der Waals surface area contributed by atoms with Crippen LogP contribution >= 0.6 is 15.9 Å². The molecule has 2 aromatic rings. The van der Waals surface area contributed by atoms with Crippen molar-refractivity contribution in [3.8, 4) is 17.2 Å². The van der Waals surface area contributed by atoms with E-state index in [4.69, 9.17) is 14.2 Å². The number of benzene rings is 2.